The summed E-state index contributed by atoms with van der Waals surface area (Å²) in [5, 5.41) is 3.16. The van der Waals surface area contributed by atoms with E-state index in [2.05, 4.69) is 10.3 Å². The molecule has 0 aliphatic rings. The molecular formula is C18H23FIN3O. The van der Waals surface area contributed by atoms with Crippen LogP contribution in [-0.4, -0.2) is 38.1 Å². The lowest BCUT2D eigenvalue weighted by atomic mass is 10.2. The van der Waals surface area contributed by atoms with Crippen LogP contribution < -0.4 is 10.1 Å². The first kappa shape index (κ1) is 20.2. The smallest absolute Gasteiger partial charge is 0.193 e. The van der Waals surface area contributed by atoms with Gasteiger partial charge < -0.3 is 15.0 Å². The van der Waals surface area contributed by atoms with Gasteiger partial charge in [-0.2, -0.15) is 0 Å². The molecule has 0 saturated carbocycles. The van der Waals surface area contributed by atoms with E-state index in [1.165, 1.54) is 6.07 Å². The minimum Gasteiger partial charge on any atom is -0.492 e. The SMILES string of the molecule is CN=C(NCc1ccccc1F)N(C)CCOc1ccccc1.I. The summed E-state index contributed by atoms with van der Waals surface area (Å²) in [6, 6.07) is 16.4. The van der Waals surface area contributed by atoms with E-state index in [1.807, 2.05) is 48.3 Å². The zero-order valence-electron chi connectivity index (χ0n) is 13.9. The average molecular weight is 443 g/mol. The number of nitrogens with one attached hydrogen (secondary N) is 1. The second kappa shape index (κ2) is 10.9. The summed E-state index contributed by atoms with van der Waals surface area (Å²) in [6.45, 7) is 1.61. The van der Waals surface area contributed by atoms with Crippen LogP contribution in [0.4, 0.5) is 4.39 Å². The minimum atomic E-state index is -0.217. The number of nitrogens with zero attached hydrogens (tertiary/aromatic N) is 2. The van der Waals surface area contributed by atoms with E-state index < -0.39 is 0 Å². The Hall–Kier alpha value is -1.83. The molecule has 1 N–H and O–H groups in total. The molecule has 0 saturated heterocycles. The van der Waals surface area contributed by atoms with Crippen molar-refractivity contribution in [2.24, 2.45) is 4.99 Å². The van der Waals surface area contributed by atoms with Gasteiger partial charge in [0.05, 0.1) is 6.54 Å². The van der Waals surface area contributed by atoms with Crippen LogP contribution >= 0.6 is 24.0 Å². The molecule has 0 amide bonds. The van der Waals surface area contributed by atoms with E-state index >= 15 is 0 Å². The fourth-order valence-corrected chi connectivity index (χ4v) is 2.12. The predicted octanol–water partition coefficient (Wildman–Crippen LogP) is 3.53. The van der Waals surface area contributed by atoms with Crippen LogP contribution in [0.15, 0.2) is 59.6 Å². The molecule has 6 heteroatoms. The first-order chi connectivity index (χ1) is 11.2. The van der Waals surface area contributed by atoms with Crippen molar-refractivity contribution in [1.29, 1.82) is 0 Å². The van der Waals surface area contributed by atoms with Crippen molar-refractivity contribution in [3.8, 4) is 5.75 Å². The lowest BCUT2D eigenvalue weighted by Crippen LogP contribution is -2.40. The maximum Gasteiger partial charge on any atom is 0.193 e. The average Bonchev–Trinajstić information content (AvgIpc) is 2.58. The van der Waals surface area contributed by atoms with Gasteiger partial charge in [0.1, 0.15) is 18.2 Å². The molecular weight excluding hydrogens is 420 g/mol. The highest BCUT2D eigenvalue weighted by atomic mass is 127. The molecule has 0 spiro atoms. The van der Waals surface area contributed by atoms with E-state index in [-0.39, 0.29) is 29.8 Å². The van der Waals surface area contributed by atoms with Crippen LogP contribution in [0, 0.1) is 5.82 Å². The summed E-state index contributed by atoms with van der Waals surface area (Å²) < 4.78 is 19.3. The Morgan fingerprint density at radius 1 is 1.12 bits per heavy atom. The highest BCUT2D eigenvalue weighted by molar-refractivity contribution is 14.0. The van der Waals surface area contributed by atoms with Crippen LogP contribution in [-0.2, 0) is 6.54 Å². The van der Waals surface area contributed by atoms with Crippen LogP contribution in [0.1, 0.15) is 5.56 Å². The molecule has 0 aromatic heterocycles. The molecule has 0 atom stereocenters. The Kier molecular flexibility index (Phi) is 9.14. The molecule has 0 aliphatic heterocycles. The molecule has 24 heavy (non-hydrogen) atoms. The predicted molar refractivity (Wildman–Crippen MR) is 107 cm³/mol. The molecule has 0 aliphatic carbocycles. The molecule has 0 heterocycles. The third kappa shape index (κ3) is 6.35. The number of hydrogen-bond acceptors (Lipinski definition) is 2. The largest absolute Gasteiger partial charge is 0.492 e. The Bertz CT molecular complexity index is 637. The molecule has 0 unspecified atom stereocenters. The highest BCUT2D eigenvalue weighted by Crippen LogP contribution is 2.08. The van der Waals surface area contributed by atoms with Crippen molar-refractivity contribution in [1.82, 2.24) is 10.2 Å². The molecule has 0 fully saturated rings. The summed E-state index contributed by atoms with van der Waals surface area (Å²) in [4.78, 5) is 6.16. The number of hydrogen-bond donors (Lipinski definition) is 1. The minimum absolute atomic E-state index is 0. The number of benzene rings is 2. The first-order valence-electron chi connectivity index (χ1n) is 7.53. The normalized spacial score (nSPS) is 10.7. The number of likely N-dealkylation sites (N-methyl/N-ethyl adjacent to an activating group) is 1. The Labute approximate surface area is 159 Å². The van der Waals surface area contributed by atoms with Crippen molar-refractivity contribution >= 4 is 29.9 Å². The fourth-order valence-electron chi connectivity index (χ4n) is 2.12. The molecule has 2 rings (SSSR count). The highest BCUT2D eigenvalue weighted by Gasteiger charge is 2.07. The Balaban J connectivity index is 0.00000288. The number of rotatable bonds is 6. The van der Waals surface area contributed by atoms with E-state index in [9.17, 15) is 4.39 Å². The summed E-state index contributed by atoms with van der Waals surface area (Å²) in [5.74, 6) is 1.32. The van der Waals surface area contributed by atoms with E-state index in [0.717, 1.165) is 5.75 Å². The molecule has 4 nitrogen and oxygen atoms in total. The van der Waals surface area contributed by atoms with Gasteiger partial charge in [-0.1, -0.05) is 36.4 Å². The van der Waals surface area contributed by atoms with E-state index in [4.69, 9.17) is 4.74 Å². The van der Waals surface area contributed by atoms with Gasteiger partial charge in [-0.15, -0.1) is 24.0 Å². The van der Waals surface area contributed by atoms with Crippen LogP contribution in [0.2, 0.25) is 0 Å². The topological polar surface area (TPSA) is 36.9 Å². The first-order valence-corrected chi connectivity index (χ1v) is 7.53. The fraction of sp³-hybridized carbons (Fsp3) is 0.278. The number of guanidine groups is 1. The zero-order chi connectivity index (χ0) is 16.5. The summed E-state index contributed by atoms with van der Waals surface area (Å²) in [6.07, 6.45) is 0. The van der Waals surface area contributed by atoms with Gasteiger partial charge in [-0.25, -0.2) is 4.39 Å². The quantitative estimate of drug-likeness (QED) is 0.422. The Morgan fingerprint density at radius 3 is 2.46 bits per heavy atom. The molecule has 130 valence electrons. The summed E-state index contributed by atoms with van der Waals surface area (Å²) in [5.41, 5.74) is 0.614. The molecule has 0 radical (unpaired) electrons. The van der Waals surface area contributed by atoms with Crippen molar-refractivity contribution in [2.75, 3.05) is 27.2 Å². The zero-order valence-corrected chi connectivity index (χ0v) is 16.2. The summed E-state index contributed by atoms with van der Waals surface area (Å²) >= 11 is 0. The number of halogens is 2. The number of para-hydroxylation sites is 1. The van der Waals surface area contributed by atoms with Gasteiger partial charge in [-0.3, -0.25) is 4.99 Å². The van der Waals surface area contributed by atoms with Gasteiger partial charge in [0.2, 0.25) is 0 Å². The van der Waals surface area contributed by atoms with Crippen molar-refractivity contribution in [3.05, 3.63) is 66.0 Å². The lowest BCUT2D eigenvalue weighted by Gasteiger charge is -2.22. The van der Waals surface area contributed by atoms with Crippen molar-refractivity contribution in [2.45, 2.75) is 6.54 Å². The van der Waals surface area contributed by atoms with Gasteiger partial charge in [0.15, 0.2) is 5.96 Å². The van der Waals surface area contributed by atoms with Crippen LogP contribution in [0.25, 0.3) is 0 Å². The third-order valence-corrected chi connectivity index (χ3v) is 3.41. The second-order valence-electron chi connectivity index (χ2n) is 5.08. The summed E-state index contributed by atoms with van der Waals surface area (Å²) in [7, 11) is 3.63. The second-order valence-corrected chi connectivity index (χ2v) is 5.08. The van der Waals surface area contributed by atoms with Crippen LogP contribution in [0.3, 0.4) is 0 Å². The van der Waals surface area contributed by atoms with E-state index in [0.29, 0.717) is 31.2 Å². The Morgan fingerprint density at radius 2 is 1.79 bits per heavy atom. The molecule has 2 aromatic rings. The van der Waals surface area contributed by atoms with Gasteiger partial charge in [-0.05, 0) is 18.2 Å². The van der Waals surface area contributed by atoms with Gasteiger partial charge in [0, 0.05) is 26.2 Å². The van der Waals surface area contributed by atoms with E-state index in [1.54, 1.807) is 19.2 Å². The standard InChI is InChI=1S/C18H22FN3O.HI/c1-20-18(21-14-15-8-6-7-11-17(15)19)22(2)12-13-23-16-9-4-3-5-10-16;/h3-11H,12-14H2,1-2H3,(H,20,21);1H. The van der Waals surface area contributed by atoms with Gasteiger partial charge >= 0.3 is 0 Å². The van der Waals surface area contributed by atoms with Crippen molar-refractivity contribution < 1.29 is 9.13 Å². The lowest BCUT2D eigenvalue weighted by molar-refractivity contribution is 0.281. The monoisotopic (exact) mass is 443 g/mol. The molecule has 2 aromatic carbocycles. The van der Waals surface area contributed by atoms with Crippen LogP contribution in [0.5, 0.6) is 5.75 Å². The maximum absolute atomic E-state index is 13.6. The van der Waals surface area contributed by atoms with Crippen molar-refractivity contribution in [3.63, 3.8) is 0 Å². The number of aliphatic imine (C=N–C) groups is 1. The maximum atomic E-state index is 13.6. The third-order valence-electron chi connectivity index (χ3n) is 3.41. The van der Waals surface area contributed by atoms with Gasteiger partial charge in [0.25, 0.3) is 0 Å². The molecule has 0 bridgehead atoms. The number of ether oxygens (including phenoxy) is 1.